The third kappa shape index (κ3) is 2.92. The molecule has 2 N–H and O–H groups in total. The standard InChI is InChI=1S/C18H18ClF3N4O2/c19-11-6-7-13-12(9-11)23-16-24-15(28)17(26(13)16,18(20,21)22)25-14(27)8-5-10-3-1-2-4-10/h6-7,9-10H,1-5,8H2,(H,25,27)(H,23,24,28). The number of nitrogens with one attached hydrogen (secondary N) is 2. The van der Waals surface area contributed by atoms with E-state index in [1.54, 1.807) is 0 Å². The summed E-state index contributed by atoms with van der Waals surface area (Å²) in [5.41, 5.74) is -3.00. The van der Waals surface area contributed by atoms with E-state index >= 15 is 0 Å². The molecule has 2 aliphatic rings. The van der Waals surface area contributed by atoms with Gasteiger partial charge in [0.05, 0.1) is 11.0 Å². The molecule has 2 heterocycles. The van der Waals surface area contributed by atoms with E-state index in [2.05, 4.69) is 10.3 Å². The Labute approximate surface area is 163 Å². The van der Waals surface area contributed by atoms with Gasteiger partial charge < -0.3 is 5.32 Å². The molecule has 1 aliphatic carbocycles. The van der Waals surface area contributed by atoms with Crippen LogP contribution < -0.4 is 10.6 Å². The number of carbonyl (C=O) groups excluding carboxylic acids is 2. The van der Waals surface area contributed by atoms with E-state index in [0.717, 1.165) is 25.7 Å². The summed E-state index contributed by atoms with van der Waals surface area (Å²) in [6.45, 7) is 0. The molecule has 0 radical (unpaired) electrons. The average molecular weight is 415 g/mol. The first-order valence-electron chi connectivity index (χ1n) is 9.10. The minimum atomic E-state index is -5.07. The second-order valence-electron chi connectivity index (χ2n) is 7.30. The first-order valence-corrected chi connectivity index (χ1v) is 9.48. The molecule has 1 atom stereocenters. The Balaban J connectivity index is 1.71. The van der Waals surface area contributed by atoms with Crippen LogP contribution in [0.15, 0.2) is 18.2 Å². The van der Waals surface area contributed by atoms with Crippen molar-refractivity contribution in [2.24, 2.45) is 5.92 Å². The Morgan fingerprint density at radius 3 is 2.75 bits per heavy atom. The van der Waals surface area contributed by atoms with Crippen LogP contribution in [-0.2, 0) is 15.3 Å². The molecule has 2 aromatic rings. The third-order valence-electron chi connectivity index (χ3n) is 5.49. The molecule has 1 fully saturated rings. The highest BCUT2D eigenvalue weighted by Crippen LogP contribution is 2.44. The van der Waals surface area contributed by atoms with Gasteiger partial charge in [0, 0.05) is 11.4 Å². The zero-order chi connectivity index (χ0) is 20.1. The van der Waals surface area contributed by atoms with Crippen LogP contribution in [0.5, 0.6) is 0 Å². The van der Waals surface area contributed by atoms with Crippen molar-refractivity contribution in [1.29, 1.82) is 0 Å². The van der Waals surface area contributed by atoms with Crippen LogP contribution in [0.2, 0.25) is 5.02 Å². The summed E-state index contributed by atoms with van der Waals surface area (Å²) in [5.74, 6) is -2.14. The minimum Gasteiger partial charge on any atom is -0.317 e. The van der Waals surface area contributed by atoms with Crippen LogP contribution in [0, 0.1) is 5.92 Å². The van der Waals surface area contributed by atoms with E-state index in [1.807, 2.05) is 5.32 Å². The summed E-state index contributed by atoms with van der Waals surface area (Å²) in [4.78, 5) is 28.9. The van der Waals surface area contributed by atoms with Crippen molar-refractivity contribution in [3.05, 3.63) is 23.2 Å². The zero-order valence-corrected chi connectivity index (χ0v) is 15.5. The van der Waals surface area contributed by atoms with Gasteiger partial charge in [0.15, 0.2) is 0 Å². The van der Waals surface area contributed by atoms with Gasteiger partial charge in [-0.1, -0.05) is 37.3 Å². The molecule has 10 heteroatoms. The molecule has 1 aliphatic heterocycles. The number of anilines is 1. The quantitative estimate of drug-likeness (QED) is 0.795. The number of fused-ring (bicyclic) bond motifs is 3. The lowest BCUT2D eigenvalue weighted by atomic mass is 10.0. The van der Waals surface area contributed by atoms with Crippen LogP contribution >= 0.6 is 11.6 Å². The molecule has 4 rings (SSSR count). The van der Waals surface area contributed by atoms with E-state index < -0.39 is 23.7 Å². The van der Waals surface area contributed by atoms with E-state index in [9.17, 15) is 22.8 Å². The fraction of sp³-hybridized carbons (Fsp3) is 0.500. The summed E-state index contributed by atoms with van der Waals surface area (Å²) in [6, 6.07) is 4.15. The summed E-state index contributed by atoms with van der Waals surface area (Å²) in [6.07, 6.45) is -0.510. The van der Waals surface area contributed by atoms with Crippen molar-refractivity contribution in [3.8, 4) is 0 Å². The first-order chi connectivity index (χ1) is 13.2. The summed E-state index contributed by atoms with van der Waals surface area (Å²) in [7, 11) is 0. The molecule has 0 spiro atoms. The number of nitrogens with zero attached hydrogens (tertiary/aromatic N) is 2. The number of imidazole rings is 1. The van der Waals surface area contributed by atoms with Crippen LogP contribution in [0.1, 0.15) is 38.5 Å². The first kappa shape index (κ1) is 19.0. The smallest absolute Gasteiger partial charge is 0.317 e. The largest absolute Gasteiger partial charge is 0.440 e. The molecule has 150 valence electrons. The number of carbonyl (C=O) groups is 2. The van der Waals surface area contributed by atoms with E-state index in [4.69, 9.17) is 11.6 Å². The summed E-state index contributed by atoms with van der Waals surface area (Å²) >= 11 is 5.89. The molecule has 1 unspecified atom stereocenters. The number of alkyl halides is 3. The fourth-order valence-corrected chi connectivity index (χ4v) is 4.27. The molecular weight excluding hydrogens is 397 g/mol. The van der Waals surface area contributed by atoms with E-state index in [1.165, 1.54) is 18.2 Å². The lowest BCUT2D eigenvalue weighted by Crippen LogP contribution is -2.63. The number of amides is 2. The van der Waals surface area contributed by atoms with Gasteiger partial charge in [-0.3, -0.25) is 19.5 Å². The predicted octanol–water partition coefficient (Wildman–Crippen LogP) is 3.94. The molecule has 28 heavy (non-hydrogen) atoms. The number of halogens is 4. The Morgan fingerprint density at radius 2 is 2.07 bits per heavy atom. The van der Waals surface area contributed by atoms with Gasteiger partial charge in [-0.15, -0.1) is 0 Å². The number of hydrogen-bond acceptors (Lipinski definition) is 3. The van der Waals surface area contributed by atoms with Crippen LogP contribution in [0.25, 0.3) is 11.0 Å². The van der Waals surface area contributed by atoms with Crippen LogP contribution in [-0.4, -0.2) is 27.5 Å². The van der Waals surface area contributed by atoms with Gasteiger partial charge in [-0.2, -0.15) is 13.2 Å². The molecule has 0 bridgehead atoms. The number of benzene rings is 1. The fourth-order valence-electron chi connectivity index (χ4n) is 4.11. The number of rotatable bonds is 4. The molecule has 1 aromatic carbocycles. The Hall–Kier alpha value is -2.29. The predicted molar refractivity (Wildman–Crippen MR) is 96.7 cm³/mol. The maximum absolute atomic E-state index is 14.2. The molecule has 1 aromatic heterocycles. The lowest BCUT2D eigenvalue weighted by Gasteiger charge is -2.32. The molecular formula is C18H18ClF3N4O2. The maximum Gasteiger partial charge on any atom is 0.440 e. The van der Waals surface area contributed by atoms with Gasteiger partial charge in [-0.05, 0) is 30.5 Å². The summed E-state index contributed by atoms with van der Waals surface area (Å²) < 4.78 is 43.2. The van der Waals surface area contributed by atoms with Crippen molar-refractivity contribution in [2.75, 3.05) is 5.32 Å². The average Bonchev–Trinajstić information content (AvgIpc) is 3.29. The second-order valence-corrected chi connectivity index (χ2v) is 7.74. The second kappa shape index (κ2) is 6.65. The number of hydrogen-bond donors (Lipinski definition) is 2. The van der Waals surface area contributed by atoms with Crippen LogP contribution in [0.4, 0.5) is 19.1 Å². The Morgan fingerprint density at radius 1 is 1.36 bits per heavy atom. The van der Waals surface area contributed by atoms with Crippen molar-refractivity contribution < 1.29 is 22.8 Å². The zero-order valence-electron chi connectivity index (χ0n) is 14.8. The highest BCUT2D eigenvalue weighted by atomic mass is 35.5. The third-order valence-corrected chi connectivity index (χ3v) is 5.73. The highest BCUT2D eigenvalue weighted by Gasteiger charge is 2.67. The maximum atomic E-state index is 14.2. The molecule has 0 saturated heterocycles. The minimum absolute atomic E-state index is 0.0474. The molecule has 1 saturated carbocycles. The monoisotopic (exact) mass is 414 g/mol. The highest BCUT2D eigenvalue weighted by molar-refractivity contribution is 6.31. The molecule has 6 nitrogen and oxygen atoms in total. The van der Waals surface area contributed by atoms with Gasteiger partial charge in [-0.25, -0.2) is 4.98 Å². The number of aromatic nitrogens is 2. The van der Waals surface area contributed by atoms with Gasteiger partial charge in [0.2, 0.25) is 11.9 Å². The van der Waals surface area contributed by atoms with Gasteiger partial charge >= 0.3 is 6.18 Å². The Bertz CT molecular complexity index is 952. The lowest BCUT2D eigenvalue weighted by molar-refractivity contribution is -0.217. The SMILES string of the molecule is O=C(CCC1CCCC1)NC1(C(F)(F)F)C(=O)Nc2nc3cc(Cl)ccc3n21. The van der Waals surface area contributed by atoms with E-state index in [-0.39, 0.29) is 23.4 Å². The van der Waals surface area contributed by atoms with Crippen LogP contribution in [0.3, 0.4) is 0 Å². The van der Waals surface area contributed by atoms with Gasteiger partial charge in [0.25, 0.3) is 11.6 Å². The Kier molecular flexibility index (Phi) is 4.52. The van der Waals surface area contributed by atoms with Crippen molar-refractivity contribution in [1.82, 2.24) is 14.9 Å². The van der Waals surface area contributed by atoms with Crippen molar-refractivity contribution in [2.45, 2.75) is 50.4 Å². The topological polar surface area (TPSA) is 76.0 Å². The van der Waals surface area contributed by atoms with Crippen molar-refractivity contribution in [3.63, 3.8) is 0 Å². The van der Waals surface area contributed by atoms with E-state index in [0.29, 0.717) is 21.9 Å². The molecule has 2 amide bonds. The normalized spacial score (nSPS) is 22.5. The van der Waals surface area contributed by atoms with Gasteiger partial charge in [0.1, 0.15) is 0 Å². The van der Waals surface area contributed by atoms with Crippen molar-refractivity contribution >= 4 is 40.4 Å². The summed E-state index contributed by atoms with van der Waals surface area (Å²) in [5, 5.41) is 4.41.